The van der Waals surface area contributed by atoms with Gasteiger partial charge in [0.25, 0.3) is 0 Å². The van der Waals surface area contributed by atoms with E-state index in [1.54, 1.807) is 0 Å². The molecule has 1 aliphatic heterocycles. The summed E-state index contributed by atoms with van der Waals surface area (Å²) in [5, 5.41) is 0.871. The zero-order chi connectivity index (χ0) is 15.4. The van der Waals surface area contributed by atoms with Crippen LogP contribution in [0.15, 0.2) is 42.6 Å². The monoisotopic (exact) mass is 315 g/mol. The molecular weight excluding hydrogens is 294 g/mol. The first kappa shape index (κ1) is 15.5. The molecule has 3 rings (SSSR count). The van der Waals surface area contributed by atoms with Crippen molar-refractivity contribution < 1.29 is 0 Å². The minimum Gasteiger partial charge on any atom is -0.296 e. The van der Waals surface area contributed by atoms with Gasteiger partial charge in [0.05, 0.1) is 0 Å². The number of aryl methyl sites for hydroxylation is 1. The van der Waals surface area contributed by atoms with Gasteiger partial charge in [-0.3, -0.25) is 14.8 Å². The lowest BCUT2D eigenvalue weighted by Crippen LogP contribution is -2.45. The van der Waals surface area contributed by atoms with Crippen LogP contribution in [0.1, 0.15) is 16.8 Å². The molecule has 0 bridgehead atoms. The van der Waals surface area contributed by atoms with E-state index < -0.39 is 0 Å². The molecule has 0 atom stereocenters. The lowest BCUT2D eigenvalue weighted by atomic mass is 10.1. The lowest BCUT2D eigenvalue weighted by molar-refractivity contribution is 0.122. The van der Waals surface area contributed by atoms with E-state index in [1.165, 1.54) is 11.1 Å². The predicted octanol–water partition coefficient (Wildman–Crippen LogP) is 3.36. The van der Waals surface area contributed by atoms with Gasteiger partial charge >= 0.3 is 0 Å². The Labute approximate surface area is 137 Å². The van der Waals surface area contributed by atoms with E-state index in [0.717, 1.165) is 50.0 Å². The largest absolute Gasteiger partial charge is 0.296 e. The SMILES string of the molecule is Cc1ncccc1CN1CCN(Cc2ccccc2Cl)CC1. The minimum absolute atomic E-state index is 0.871. The molecule has 22 heavy (non-hydrogen) atoms. The van der Waals surface area contributed by atoms with Crippen molar-refractivity contribution in [2.45, 2.75) is 20.0 Å². The number of piperazine rings is 1. The second-order valence-electron chi connectivity index (χ2n) is 5.89. The van der Waals surface area contributed by atoms with Gasteiger partial charge < -0.3 is 0 Å². The van der Waals surface area contributed by atoms with Crippen LogP contribution < -0.4 is 0 Å². The summed E-state index contributed by atoms with van der Waals surface area (Å²) in [7, 11) is 0. The quantitative estimate of drug-likeness (QED) is 0.862. The van der Waals surface area contributed by atoms with E-state index in [2.05, 4.69) is 39.9 Å². The molecule has 1 aliphatic rings. The fourth-order valence-corrected chi connectivity index (χ4v) is 3.09. The highest BCUT2D eigenvalue weighted by molar-refractivity contribution is 6.31. The Bertz CT molecular complexity index is 566. The average molecular weight is 316 g/mol. The standard InChI is InChI=1S/C18H22ClN3/c1-15-16(6-4-8-20-15)13-21-9-11-22(12-10-21)14-17-5-2-3-7-18(17)19/h2-8H,9-14H2,1H3. The average Bonchev–Trinajstić information content (AvgIpc) is 2.54. The smallest absolute Gasteiger partial charge is 0.0451 e. The highest BCUT2D eigenvalue weighted by Gasteiger charge is 2.18. The summed E-state index contributed by atoms with van der Waals surface area (Å²) in [5.41, 5.74) is 3.70. The Kier molecular flexibility index (Phi) is 5.08. The molecule has 0 unspecified atom stereocenters. The minimum atomic E-state index is 0.871. The maximum Gasteiger partial charge on any atom is 0.0451 e. The van der Waals surface area contributed by atoms with Crippen LogP contribution in [0.3, 0.4) is 0 Å². The van der Waals surface area contributed by atoms with Crippen molar-refractivity contribution in [3.63, 3.8) is 0 Å². The van der Waals surface area contributed by atoms with Crippen LogP contribution in [0, 0.1) is 6.92 Å². The summed E-state index contributed by atoms with van der Waals surface area (Å²) in [6.45, 7) is 8.40. The van der Waals surface area contributed by atoms with Crippen molar-refractivity contribution in [3.8, 4) is 0 Å². The Morgan fingerprint density at radius 1 is 0.909 bits per heavy atom. The highest BCUT2D eigenvalue weighted by atomic mass is 35.5. The third kappa shape index (κ3) is 3.86. The van der Waals surface area contributed by atoms with Crippen LogP contribution in [-0.2, 0) is 13.1 Å². The molecule has 1 aromatic heterocycles. The van der Waals surface area contributed by atoms with E-state index in [0.29, 0.717) is 0 Å². The number of pyridine rings is 1. The molecule has 2 aromatic rings. The molecule has 0 amide bonds. The van der Waals surface area contributed by atoms with E-state index in [-0.39, 0.29) is 0 Å². The zero-order valence-corrected chi connectivity index (χ0v) is 13.8. The molecule has 0 radical (unpaired) electrons. The van der Waals surface area contributed by atoms with Gasteiger partial charge in [0.2, 0.25) is 0 Å². The van der Waals surface area contributed by atoms with Crippen molar-refractivity contribution in [1.82, 2.24) is 14.8 Å². The summed E-state index contributed by atoms with van der Waals surface area (Å²) < 4.78 is 0. The van der Waals surface area contributed by atoms with Gasteiger partial charge in [-0.05, 0) is 30.2 Å². The fourth-order valence-electron chi connectivity index (χ4n) is 2.90. The topological polar surface area (TPSA) is 19.4 Å². The molecule has 3 nitrogen and oxygen atoms in total. The molecule has 1 saturated heterocycles. The number of hydrogen-bond acceptors (Lipinski definition) is 3. The molecule has 0 aliphatic carbocycles. The first-order valence-electron chi connectivity index (χ1n) is 7.81. The fraction of sp³-hybridized carbons (Fsp3) is 0.389. The number of halogens is 1. The van der Waals surface area contributed by atoms with Gasteiger partial charge in [0.1, 0.15) is 0 Å². The molecule has 1 fully saturated rings. The summed E-state index contributed by atoms with van der Waals surface area (Å²) in [4.78, 5) is 9.36. The third-order valence-corrected chi connectivity index (χ3v) is 4.70. The number of hydrogen-bond donors (Lipinski definition) is 0. The van der Waals surface area contributed by atoms with E-state index in [1.807, 2.05) is 24.4 Å². The van der Waals surface area contributed by atoms with E-state index >= 15 is 0 Å². The molecule has 4 heteroatoms. The summed E-state index contributed by atoms with van der Waals surface area (Å²) in [6, 6.07) is 12.3. The number of benzene rings is 1. The van der Waals surface area contributed by atoms with Crippen molar-refractivity contribution in [2.75, 3.05) is 26.2 Å². The number of aromatic nitrogens is 1. The Morgan fingerprint density at radius 3 is 2.14 bits per heavy atom. The van der Waals surface area contributed by atoms with Crippen LogP contribution in [0.5, 0.6) is 0 Å². The van der Waals surface area contributed by atoms with Gasteiger partial charge in [0.15, 0.2) is 0 Å². The summed E-state index contributed by atoms with van der Waals surface area (Å²) >= 11 is 6.25. The van der Waals surface area contributed by atoms with Gasteiger partial charge in [-0.2, -0.15) is 0 Å². The highest BCUT2D eigenvalue weighted by Crippen LogP contribution is 2.18. The van der Waals surface area contributed by atoms with Gasteiger partial charge in [-0.15, -0.1) is 0 Å². The Balaban J connectivity index is 1.52. The second-order valence-corrected chi connectivity index (χ2v) is 6.30. The van der Waals surface area contributed by atoms with Crippen molar-refractivity contribution in [2.24, 2.45) is 0 Å². The molecule has 116 valence electrons. The van der Waals surface area contributed by atoms with Crippen molar-refractivity contribution >= 4 is 11.6 Å². The molecule has 0 spiro atoms. The molecule has 0 saturated carbocycles. The van der Waals surface area contributed by atoms with Crippen molar-refractivity contribution in [3.05, 3.63) is 64.4 Å². The third-order valence-electron chi connectivity index (χ3n) is 4.33. The maximum atomic E-state index is 6.25. The van der Waals surface area contributed by atoms with Crippen LogP contribution in [0.2, 0.25) is 5.02 Å². The van der Waals surface area contributed by atoms with Crippen LogP contribution in [0.25, 0.3) is 0 Å². The predicted molar refractivity (Wildman–Crippen MR) is 91.0 cm³/mol. The maximum absolute atomic E-state index is 6.25. The second kappa shape index (κ2) is 7.23. The van der Waals surface area contributed by atoms with E-state index in [4.69, 9.17) is 11.6 Å². The molecular formula is C18H22ClN3. The molecule has 0 N–H and O–H groups in total. The Hall–Kier alpha value is -1.42. The van der Waals surface area contributed by atoms with Crippen LogP contribution in [0.4, 0.5) is 0 Å². The van der Waals surface area contributed by atoms with Gasteiger partial charge in [0, 0.05) is 56.2 Å². The van der Waals surface area contributed by atoms with Crippen LogP contribution in [-0.4, -0.2) is 41.0 Å². The van der Waals surface area contributed by atoms with Gasteiger partial charge in [-0.25, -0.2) is 0 Å². The first-order valence-corrected chi connectivity index (χ1v) is 8.19. The first-order chi connectivity index (χ1) is 10.7. The number of nitrogens with zero attached hydrogens (tertiary/aromatic N) is 3. The van der Waals surface area contributed by atoms with E-state index in [9.17, 15) is 0 Å². The normalized spacial score (nSPS) is 16.8. The summed E-state index contributed by atoms with van der Waals surface area (Å²) in [5.74, 6) is 0. The molecule has 1 aromatic carbocycles. The van der Waals surface area contributed by atoms with Gasteiger partial charge in [-0.1, -0.05) is 35.9 Å². The lowest BCUT2D eigenvalue weighted by Gasteiger charge is -2.35. The molecule has 2 heterocycles. The Morgan fingerprint density at radius 2 is 1.50 bits per heavy atom. The number of rotatable bonds is 4. The van der Waals surface area contributed by atoms with Crippen LogP contribution >= 0.6 is 11.6 Å². The summed E-state index contributed by atoms with van der Waals surface area (Å²) in [6.07, 6.45) is 1.86. The van der Waals surface area contributed by atoms with Crippen molar-refractivity contribution in [1.29, 1.82) is 0 Å². The zero-order valence-electron chi connectivity index (χ0n) is 13.0.